The van der Waals surface area contributed by atoms with Crippen LogP contribution in [0.1, 0.15) is 22.7 Å². The smallest absolute Gasteiger partial charge is 0.229 e. The molecular formula is C16H17N3O. The Balaban J connectivity index is 1.69. The number of aromatic nitrogens is 1. The molecule has 1 aliphatic rings. The Bertz CT molecular complexity index is 598. The lowest BCUT2D eigenvalue weighted by molar-refractivity contribution is -0.122. The second-order valence-electron chi connectivity index (χ2n) is 4.92. The first-order valence-corrected chi connectivity index (χ1v) is 6.81. The number of amides is 1. The van der Waals surface area contributed by atoms with Gasteiger partial charge in [0.15, 0.2) is 0 Å². The minimum absolute atomic E-state index is 0.0512. The van der Waals surface area contributed by atoms with Crippen LogP contribution in [0.2, 0.25) is 0 Å². The fraction of sp³-hybridized carbons (Fsp3) is 0.250. The summed E-state index contributed by atoms with van der Waals surface area (Å²) < 4.78 is 0. The molecule has 1 aromatic heterocycles. The maximum atomic E-state index is 12.4. The average Bonchev–Trinajstić information content (AvgIpc) is 2.53. The Morgan fingerprint density at radius 3 is 2.95 bits per heavy atom. The number of benzene rings is 1. The molecule has 0 saturated carbocycles. The summed E-state index contributed by atoms with van der Waals surface area (Å²) in [6.45, 7) is 1.99. The third-order valence-electron chi connectivity index (χ3n) is 3.58. The first-order valence-electron chi connectivity index (χ1n) is 6.81. The van der Waals surface area contributed by atoms with Crippen LogP contribution in [0, 0.1) is 0 Å². The van der Waals surface area contributed by atoms with Gasteiger partial charge in [-0.05, 0) is 23.3 Å². The molecule has 1 atom stereocenters. The topological polar surface area (TPSA) is 54.0 Å². The van der Waals surface area contributed by atoms with E-state index in [-0.39, 0.29) is 11.8 Å². The molecule has 0 radical (unpaired) electrons. The molecule has 1 aliphatic heterocycles. The average molecular weight is 267 g/mol. The summed E-state index contributed by atoms with van der Waals surface area (Å²) >= 11 is 0. The lowest BCUT2D eigenvalue weighted by Crippen LogP contribution is -2.38. The van der Waals surface area contributed by atoms with Gasteiger partial charge in [0.05, 0.1) is 18.2 Å². The second-order valence-corrected chi connectivity index (χ2v) is 4.92. The molecule has 20 heavy (non-hydrogen) atoms. The third kappa shape index (κ3) is 2.70. The maximum Gasteiger partial charge on any atom is 0.229 e. The van der Waals surface area contributed by atoms with Crippen molar-refractivity contribution in [1.82, 2.24) is 15.6 Å². The Hall–Kier alpha value is -2.20. The first-order chi connectivity index (χ1) is 9.84. The van der Waals surface area contributed by atoms with Crippen LogP contribution in [0.4, 0.5) is 0 Å². The lowest BCUT2D eigenvalue weighted by Gasteiger charge is -2.25. The highest BCUT2D eigenvalue weighted by molar-refractivity contribution is 5.84. The van der Waals surface area contributed by atoms with Gasteiger partial charge in [0, 0.05) is 19.3 Å². The molecule has 102 valence electrons. The number of fused-ring (bicyclic) bond motifs is 1. The van der Waals surface area contributed by atoms with E-state index in [1.54, 1.807) is 6.20 Å². The molecule has 0 saturated heterocycles. The van der Waals surface area contributed by atoms with Gasteiger partial charge in [-0.1, -0.05) is 30.3 Å². The number of pyridine rings is 1. The highest BCUT2D eigenvalue weighted by atomic mass is 16.1. The van der Waals surface area contributed by atoms with Crippen LogP contribution in [0.25, 0.3) is 0 Å². The van der Waals surface area contributed by atoms with E-state index in [1.807, 2.05) is 36.4 Å². The molecule has 1 aromatic carbocycles. The predicted octanol–water partition coefficient (Wildman–Crippen LogP) is 1.58. The number of hydrogen-bond donors (Lipinski definition) is 2. The number of carbonyl (C=O) groups is 1. The van der Waals surface area contributed by atoms with Gasteiger partial charge >= 0.3 is 0 Å². The second kappa shape index (κ2) is 5.84. The minimum atomic E-state index is -0.122. The fourth-order valence-corrected chi connectivity index (χ4v) is 2.53. The van der Waals surface area contributed by atoms with E-state index in [0.29, 0.717) is 13.1 Å². The summed E-state index contributed by atoms with van der Waals surface area (Å²) in [4.78, 5) is 16.6. The van der Waals surface area contributed by atoms with Gasteiger partial charge in [0.2, 0.25) is 5.91 Å². The summed E-state index contributed by atoms with van der Waals surface area (Å²) in [7, 11) is 0. The van der Waals surface area contributed by atoms with Crippen LogP contribution < -0.4 is 10.6 Å². The number of nitrogens with one attached hydrogen (secondary N) is 2. The van der Waals surface area contributed by atoms with Crippen molar-refractivity contribution >= 4 is 5.91 Å². The SMILES string of the molecule is O=C(NCc1ccccn1)C1CNCc2ccccc21. The minimum Gasteiger partial charge on any atom is -0.350 e. The van der Waals surface area contributed by atoms with Crippen LogP contribution in [0.15, 0.2) is 48.7 Å². The molecule has 4 nitrogen and oxygen atoms in total. The molecule has 0 bridgehead atoms. The van der Waals surface area contributed by atoms with Gasteiger partial charge in [0.25, 0.3) is 0 Å². The summed E-state index contributed by atoms with van der Waals surface area (Å²) in [6, 6.07) is 13.8. The molecular weight excluding hydrogens is 250 g/mol. The summed E-state index contributed by atoms with van der Waals surface area (Å²) in [5.74, 6) is -0.0704. The molecule has 0 spiro atoms. The molecule has 2 heterocycles. The molecule has 0 aliphatic carbocycles. The quantitative estimate of drug-likeness (QED) is 0.888. The van der Waals surface area contributed by atoms with E-state index in [2.05, 4.69) is 21.7 Å². The molecule has 3 rings (SSSR count). The van der Waals surface area contributed by atoms with Gasteiger partial charge in [-0.3, -0.25) is 9.78 Å². The lowest BCUT2D eigenvalue weighted by atomic mass is 9.90. The fourth-order valence-electron chi connectivity index (χ4n) is 2.53. The monoisotopic (exact) mass is 267 g/mol. The van der Waals surface area contributed by atoms with Crippen molar-refractivity contribution in [1.29, 1.82) is 0 Å². The number of hydrogen-bond acceptors (Lipinski definition) is 3. The van der Waals surface area contributed by atoms with Gasteiger partial charge in [-0.25, -0.2) is 0 Å². The van der Waals surface area contributed by atoms with E-state index in [0.717, 1.165) is 17.8 Å². The van der Waals surface area contributed by atoms with Gasteiger partial charge in [0.1, 0.15) is 0 Å². The highest BCUT2D eigenvalue weighted by Crippen LogP contribution is 2.23. The largest absolute Gasteiger partial charge is 0.350 e. The molecule has 4 heteroatoms. The van der Waals surface area contributed by atoms with Crippen molar-refractivity contribution in [3.63, 3.8) is 0 Å². The zero-order valence-corrected chi connectivity index (χ0v) is 11.2. The number of rotatable bonds is 3. The van der Waals surface area contributed by atoms with Gasteiger partial charge in [-0.15, -0.1) is 0 Å². The Labute approximate surface area is 118 Å². The van der Waals surface area contributed by atoms with Gasteiger partial charge < -0.3 is 10.6 Å². The summed E-state index contributed by atoms with van der Waals surface area (Å²) in [5.41, 5.74) is 3.21. The van der Waals surface area contributed by atoms with Crippen molar-refractivity contribution in [2.45, 2.75) is 19.0 Å². The van der Waals surface area contributed by atoms with Crippen LogP contribution in [-0.2, 0) is 17.9 Å². The zero-order chi connectivity index (χ0) is 13.8. The van der Waals surface area contributed by atoms with Crippen LogP contribution in [-0.4, -0.2) is 17.4 Å². The highest BCUT2D eigenvalue weighted by Gasteiger charge is 2.25. The molecule has 0 fully saturated rings. The van der Waals surface area contributed by atoms with Crippen LogP contribution in [0.5, 0.6) is 0 Å². The maximum absolute atomic E-state index is 12.4. The van der Waals surface area contributed by atoms with Gasteiger partial charge in [-0.2, -0.15) is 0 Å². The Morgan fingerprint density at radius 1 is 1.25 bits per heavy atom. The van der Waals surface area contributed by atoms with Crippen molar-refractivity contribution < 1.29 is 4.79 Å². The summed E-state index contributed by atoms with van der Waals surface area (Å²) in [6.07, 6.45) is 1.74. The van der Waals surface area contributed by atoms with Crippen LogP contribution in [0.3, 0.4) is 0 Å². The van der Waals surface area contributed by atoms with E-state index < -0.39 is 0 Å². The zero-order valence-electron chi connectivity index (χ0n) is 11.2. The first kappa shape index (κ1) is 12.8. The molecule has 2 N–H and O–H groups in total. The van der Waals surface area contributed by atoms with Crippen molar-refractivity contribution in [2.24, 2.45) is 0 Å². The van der Waals surface area contributed by atoms with Crippen molar-refractivity contribution in [3.8, 4) is 0 Å². The number of nitrogens with zero attached hydrogens (tertiary/aromatic N) is 1. The predicted molar refractivity (Wildman–Crippen MR) is 77.0 cm³/mol. The third-order valence-corrected chi connectivity index (χ3v) is 3.58. The van der Waals surface area contributed by atoms with E-state index in [4.69, 9.17) is 0 Å². The van der Waals surface area contributed by atoms with E-state index in [9.17, 15) is 4.79 Å². The Morgan fingerprint density at radius 2 is 2.10 bits per heavy atom. The van der Waals surface area contributed by atoms with E-state index >= 15 is 0 Å². The normalized spacial score (nSPS) is 17.3. The molecule has 2 aromatic rings. The van der Waals surface area contributed by atoms with Crippen molar-refractivity contribution in [2.75, 3.05) is 6.54 Å². The van der Waals surface area contributed by atoms with Crippen LogP contribution >= 0.6 is 0 Å². The van der Waals surface area contributed by atoms with Crippen molar-refractivity contribution in [3.05, 3.63) is 65.5 Å². The Kier molecular flexibility index (Phi) is 3.74. The summed E-state index contributed by atoms with van der Waals surface area (Å²) in [5, 5.41) is 6.26. The van der Waals surface area contributed by atoms with E-state index in [1.165, 1.54) is 5.56 Å². The molecule has 1 unspecified atom stereocenters. The standard InChI is InChI=1S/C16H17N3O/c20-16(19-10-13-6-3-4-8-18-13)15-11-17-9-12-5-1-2-7-14(12)15/h1-8,15,17H,9-11H2,(H,19,20). The number of carbonyl (C=O) groups excluding carboxylic acids is 1. The molecule has 1 amide bonds.